The molecule has 5 nitrogen and oxygen atoms in total. The summed E-state index contributed by atoms with van der Waals surface area (Å²) >= 11 is 7.33. The van der Waals surface area contributed by atoms with Gasteiger partial charge in [-0.05, 0) is 19.2 Å². The Morgan fingerprint density at radius 1 is 1.50 bits per heavy atom. The van der Waals surface area contributed by atoms with Crippen LogP contribution in [0, 0.1) is 0 Å². The summed E-state index contributed by atoms with van der Waals surface area (Å²) in [4.78, 5) is 16.5. The van der Waals surface area contributed by atoms with Crippen LogP contribution < -0.4 is 0 Å². The number of nitrogens with zero attached hydrogens (tertiary/aromatic N) is 2. The molecular weight excluding hydrogens is 300 g/mol. The van der Waals surface area contributed by atoms with Crippen LogP contribution in [0.4, 0.5) is 0 Å². The maximum atomic E-state index is 12.0. The van der Waals surface area contributed by atoms with Crippen molar-refractivity contribution in [2.24, 2.45) is 0 Å². The van der Waals surface area contributed by atoms with E-state index in [-0.39, 0.29) is 19.1 Å². The molecule has 0 radical (unpaired) electrons. The van der Waals surface area contributed by atoms with E-state index in [0.717, 1.165) is 9.21 Å². The fraction of sp³-hybridized carbons (Fsp3) is 0.615. The third-order valence-electron chi connectivity index (χ3n) is 2.73. The second-order valence-electron chi connectivity index (χ2n) is 4.76. The summed E-state index contributed by atoms with van der Waals surface area (Å²) in [6.07, 6.45) is -0.584. The second kappa shape index (κ2) is 8.59. The number of carbonyl (C=O) groups is 1. The normalized spacial score (nSPS) is 12.7. The van der Waals surface area contributed by atoms with Crippen molar-refractivity contribution in [3.8, 4) is 0 Å². The van der Waals surface area contributed by atoms with Gasteiger partial charge < -0.3 is 14.7 Å². The number of halogens is 1. The quantitative estimate of drug-likeness (QED) is 0.784. The number of thiophene rings is 1. The molecular formula is C13H21ClN2O3S. The molecule has 1 aromatic rings. The zero-order valence-corrected chi connectivity index (χ0v) is 13.6. The Balaban J connectivity index is 2.37. The van der Waals surface area contributed by atoms with E-state index >= 15 is 0 Å². The highest BCUT2D eigenvalue weighted by molar-refractivity contribution is 7.16. The fourth-order valence-corrected chi connectivity index (χ4v) is 2.92. The Morgan fingerprint density at radius 2 is 2.20 bits per heavy atom. The van der Waals surface area contributed by atoms with Crippen LogP contribution in [0.1, 0.15) is 4.88 Å². The molecule has 1 aromatic heterocycles. The van der Waals surface area contributed by atoms with Crippen molar-refractivity contribution in [1.82, 2.24) is 9.80 Å². The van der Waals surface area contributed by atoms with Crippen LogP contribution in [0.5, 0.6) is 0 Å². The summed E-state index contributed by atoms with van der Waals surface area (Å²) in [7, 11) is 5.09. The predicted octanol–water partition coefficient (Wildman–Crippen LogP) is 1.30. The summed E-state index contributed by atoms with van der Waals surface area (Å²) in [5.74, 6) is 0.00152. The first-order chi connectivity index (χ1) is 9.42. The summed E-state index contributed by atoms with van der Waals surface area (Å²) in [5, 5.41) is 9.60. The molecule has 114 valence electrons. The highest BCUT2D eigenvalue weighted by Gasteiger charge is 2.15. The lowest BCUT2D eigenvalue weighted by Crippen LogP contribution is -2.40. The molecule has 1 rings (SSSR count). The maximum Gasteiger partial charge on any atom is 0.236 e. The number of carbonyl (C=O) groups excluding carboxylic acids is 1. The molecule has 1 heterocycles. The molecule has 7 heteroatoms. The Kier molecular flexibility index (Phi) is 7.47. The highest BCUT2D eigenvalue weighted by Crippen LogP contribution is 2.22. The largest absolute Gasteiger partial charge is 0.389 e. The Hall–Kier alpha value is -0.660. The summed E-state index contributed by atoms with van der Waals surface area (Å²) < 4.78 is 5.58. The minimum Gasteiger partial charge on any atom is -0.389 e. The molecule has 0 bridgehead atoms. The summed E-state index contributed by atoms with van der Waals surface area (Å²) in [6.45, 7) is 1.47. The van der Waals surface area contributed by atoms with Gasteiger partial charge in [0.05, 0.1) is 30.1 Å². The molecule has 0 aliphatic heterocycles. The van der Waals surface area contributed by atoms with E-state index in [1.807, 2.05) is 12.1 Å². The minimum atomic E-state index is -0.584. The monoisotopic (exact) mass is 320 g/mol. The van der Waals surface area contributed by atoms with Gasteiger partial charge in [-0.25, -0.2) is 0 Å². The summed E-state index contributed by atoms with van der Waals surface area (Å²) in [5.41, 5.74) is 0. The Morgan fingerprint density at radius 3 is 2.75 bits per heavy atom. The van der Waals surface area contributed by atoms with E-state index in [2.05, 4.69) is 0 Å². The molecule has 0 fully saturated rings. The van der Waals surface area contributed by atoms with Gasteiger partial charge in [0.1, 0.15) is 0 Å². The van der Waals surface area contributed by atoms with Gasteiger partial charge in [0.2, 0.25) is 5.91 Å². The SMILES string of the molecule is COCC(O)CN(C)CC(=O)N(C)Cc1ccc(Cl)s1. The number of aliphatic hydroxyl groups excluding tert-OH is 1. The third kappa shape index (κ3) is 6.19. The lowest BCUT2D eigenvalue weighted by molar-refractivity contribution is -0.131. The van der Waals surface area contributed by atoms with Gasteiger partial charge >= 0.3 is 0 Å². The van der Waals surface area contributed by atoms with Gasteiger partial charge in [0.15, 0.2) is 0 Å². The van der Waals surface area contributed by atoms with E-state index in [4.69, 9.17) is 16.3 Å². The smallest absolute Gasteiger partial charge is 0.236 e. The van der Waals surface area contributed by atoms with Gasteiger partial charge in [-0.2, -0.15) is 0 Å². The van der Waals surface area contributed by atoms with Gasteiger partial charge in [0.25, 0.3) is 0 Å². The lowest BCUT2D eigenvalue weighted by atomic mass is 10.3. The Bertz CT molecular complexity index is 428. The van der Waals surface area contributed by atoms with Crippen molar-refractivity contribution in [1.29, 1.82) is 0 Å². The van der Waals surface area contributed by atoms with Crippen molar-refractivity contribution in [2.45, 2.75) is 12.6 Å². The van der Waals surface area contributed by atoms with Crippen LogP contribution in [0.15, 0.2) is 12.1 Å². The number of amides is 1. The van der Waals surface area contributed by atoms with Gasteiger partial charge in [-0.15, -0.1) is 11.3 Å². The standard InChI is InChI=1S/C13H21ClN2O3S/c1-15(6-10(17)9-19-3)8-13(18)16(2)7-11-4-5-12(14)20-11/h4-5,10,17H,6-9H2,1-3H3. The van der Waals surface area contributed by atoms with Crippen molar-refractivity contribution in [2.75, 3.05) is 40.9 Å². The van der Waals surface area contributed by atoms with Crippen LogP contribution in [-0.2, 0) is 16.1 Å². The van der Waals surface area contributed by atoms with E-state index in [1.165, 1.54) is 18.4 Å². The fourth-order valence-electron chi connectivity index (χ4n) is 1.78. The zero-order chi connectivity index (χ0) is 15.1. The second-order valence-corrected chi connectivity index (χ2v) is 6.56. The molecule has 1 amide bonds. The van der Waals surface area contributed by atoms with E-state index in [9.17, 15) is 9.90 Å². The topological polar surface area (TPSA) is 53.0 Å². The minimum absolute atomic E-state index is 0.00152. The first-order valence-corrected chi connectivity index (χ1v) is 7.45. The molecule has 0 aliphatic carbocycles. The first-order valence-electron chi connectivity index (χ1n) is 6.26. The molecule has 0 spiro atoms. The number of hydrogen-bond acceptors (Lipinski definition) is 5. The lowest BCUT2D eigenvalue weighted by Gasteiger charge is -2.23. The third-order valence-corrected chi connectivity index (χ3v) is 3.95. The maximum absolute atomic E-state index is 12.0. The molecule has 0 saturated carbocycles. The van der Waals surface area contributed by atoms with Crippen LogP contribution in [0.2, 0.25) is 4.34 Å². The molecule has 0 aromatic carbocycles. The number of rotatable bonds is 8. The molecule has 1 unspecified atom stereocenters. The number of hydrogen-bond donors (Lipinski definition) is 1. The van der Waals surface area contributed by atoms with Crippen molar-refractivity contribution < 1.29 is 14.6 Å². The number of ether oxygens (including phenoxy) is 1. The van der Waals surface area contributed by atoms with Crippen LogP contribution in [0.3, 0.4) is 0 Å². The first kappa shape index (κ1) is 17.4. The van der Waals surface area contributed by atoms with Gasteiger partial charge in [0, 0.05) is 25.6 Å². The number of methoxy groups -OCH3 is 1. The molecule has 1 N–H and O–H groups in total. The van der Waals surface area contributed by atoms with Crippen molar-refractivity contribution in [3.63, 3.8) is 0 Å². The highest BCUT2D eigenvalue weighted by atomic mass is 35.5. The van der Waals surface area contributed by atoms with Crippen molar-refractivity contribution in [3.05, 3.63) is 21.3 Å². The summed E-state index contributed by atoms with van der Waals surface area (Å²) in [6, 6.07) is 3.75. The van der Waals surface area contributed by atoms with Crippen LogP contribution in [-0.4, -0.2) is 67.8 Å². The Labute approximate surface area is 128 Å². The van der Waals surface area contributed by atoms with Gasteiger partial charge in [-0.1, -0.05) is 11.6 Å². The molecule has 20 heavy (non-hydrogen) atoms. The van der Waals surface area contributed by atoms with Gasteiger partial charge in [-0.3, -0.25) is 9.69 Å². The zero-order valence-electron chi connectivity index (χ0n) is 12.0. The van der Waals surface area contributed by atoms with E-state index < -0.39 is 6.10 Å². The molecule has 0 saturated heterocycles. The average Bonchev–Trinajstić information content (AvgIpc) is 2.74. The molecule has 0 aliphatic rings. The van der Waals surface area contributed by atoms with E-state index in [0.29, 0.717) is 13.1 Å². The number of aliphatic hydroxyl groups is 1. The number of likely N-dealkylation sites (N-methyl/N-ethyl adjacent to an activating group) is 2. The predicted molar refractivity (Wildman–Crippen MR) is 81.2 cm³/mol. The molecule has 1 atom stereocenters. The average molecular weight is 321 g/mol. The van der Waals surface area contributed by atoms with Crippen LogP contribution in [0.25, 0.3) is 0 Å². The van der Waals surface area contributed by atoms with Crippen LogP contribution >= 0.6 is 22.9 Å². The van der Waals surface area contributed by atoms with E-state index in [1.54, 1.807) is 23.9 Å². The van der Waals surface area contributed by atoms with Crippen molar-refractivity contribution >= 4 is 28.8 Å².